The number of ether oxygens (including phenoxy) is 2. The molecule has 20 heavy (non-hydrogen) atoms. The Labute approximate surface area is 122 Å². The second-order valence-electron chi connectivity index (χ2n) is 5.11. The molecule has 4 heteroatoms. The van der Waals surface area contributed by atoms with Crippen molar-refractivity contribution in [2.75, 3.05) is 26.4 Å². The van der Waals surface area contributed by atoms with Crippen LogP contribution in [0.3, 0.4) is 0 Å². The highest BCUT2D eigenvalue weighted by Crippen LogP contribution is 2.20. The van der Waals surface area contributed by atoms with Gasteiger partial charge in [-0.15, -0.1) is 0 Å². The van der Waals surface area contributed by atoms with Crippen LogP contribution < -0.4 is 14.8 Å². The smallest absolute Gasteiger partial charge is 0.122 e. The molecule has 114 valence electrons. The fraction of sp³-hybridized carbons (Fsp3) is 0.625. The van der Waals surface area contributed by atoms with E-state index in [1.165, 1.54) is 0 Å². The molecule has 1 aromatic carbocycles. The molecule has 0 saturated carbocycles. The van der Waals surface area contributed by atoms with Crippen molar-refractivity contribution in [3.63, 3.8) is 0 Å². The highest BCUT2D eigenvalue weighted by Gasteiger charge is 2.20. The third-order valence-electron chi connectivity index (χ3n) is 3.21. The molecule has 0 bridgehead atoms. The lowest BCUT2D eigenvalue weighted by Gasteiger charge is -2.28. The van der Waals surface area contributed by atoms with Crippen LogP contribution in [0.2, 0.25) is 0 Å². The van der Waals surface area contributed by atoms with Crippen LogP contribution in [0.4, 0.5) is 0 Å². The highest BCUT2D eigenvalue weighted by atomic mass is 16.5. The van der Waals surface area contributed by atoms with Gasteiger partial charge in [0.05, 0.1) is 19.8 Å². The minimum absolute atomic E-state index is 0.140. The van der Waals surface area contributed by atoms with Gasteiger partial charge in [-0.3, -0.25) is 0 Å². The monoisotopic (exact) mass is 281 g/mol. The standard InChI is InChI=1S/C16H27NO3/c1-4-17-16(3,13-18)10-7-11-20-15-9-6-8-14(12-15)19-5-2/h6,8-9,12,17-18H,4-5,7,10-11,13H2,1-3H3. The molecule has 0 amide bonds. The average molecular weight is 281 g/mol. The molecule has 0 aliphatic heterocycles. The second kappa shape index (κ2) is 8.82. The molecule has 1 rings (SSSR count). The summed E-state index contributed by atoms with van der Waals surface area (Å²) in [5.74, 6) is 1.66. The lowest BCUT2D eigenvalue weighted by molar-refractivity contribution is 0.158. The van der Waals surface area contributed by atoms with E-state index in [1.807, 2.05) is 45.0 Å². The molecule has 0 spiro atoms. The maximum atomic E-state index is 9.41. The first-order chi connectivity index (χ1) is 9.63. The molecule has 0 radical (unpaired) electrons. The van der Waals surface area contributed by atoms with E-state index in [0.717, 1.165) is 30.9 Å². The number of nitrogens with one attached hydrogen (secondary N) is 1. The minimum atomic E-state index is -0.217. The molecule has 0 saturated heterocycles. The fourth-order valence-corrected chi connectivity index (χ4v) is 2.12. The predicted molar refractivity (Wildman–Crippen MR) is 81.5 cm³/mol. The highest BCUT2D eigenvalue weighted by molar-refractivity contribution is 5.32. The molecule has 1 aromatic rings. The summed E-state index contributed by atoms with van der Waals surface area (Å²) in [5, 5.41) is 12.7. The van der Waals surface area contributed by atoms with Crippen LogP contribution in [0.25, 0.3) is 0 Å². The van der Waals surface area contributed by atoms with Crippen molar-refractivity contribution in [2.45, 2.75) is 39.2 Å². The molecule has 0 aliphatic rings. The summed E-state index contributed by atoms with van der Waals surface area (Å²) in [7, 11) is 0. The van der Waals surface area contributed by atoms with Crippen molar-refractivity contribution < 1.29 is 14.6 Å². The second-order valence-corrected chi connectivity index (χ2v) is 5.11. The number of rotatable bonds is 10. The van der Waals surface area contributed by atoms with Gasteiger partial charge >= 0.3 is 0 Å². The zero-order valence-electron chi connectivity index (χ0n) is 12.8. The van der Waals surface area contributed by atoms with Gasteiger partial charge in [-0.1, -0.05) is 13.0 Å². The van der Waals surface area contributed by atoms with Gasteiger partial charge < -0.3 is 19.9 Å². The van der Waals surface area contributed by atoms with Gasteiger partial charge in [0.2, 0.25) is 0 Å². The Kier molecular flexibility index (Phi) is 7.41. The summed E-state index contributed by atoms with van der Waals surface area (Å²) >= 11 is 0. The van der Waals surface area contributed by atoms with Gasteiger partial charge in [-0.05, 0) is 45.4 Å². The number of likely N-dealkylation sites (N-methyl/N-ethyl adjacent to an activating group) is 1. The summed E-state index contributed by atoms with van der Waals surface area (Å²) in [6.45, 7) is 8.33. The van der Waals surface area contributed by atoms with E-state index in [4.69, 9.17) is 9.47 Å². The molecule has 2 N–H and O–H groups in total. The SMILES string of the molecule is CCNC(C)(CO)CCCOc1cccc(OCC)c1. The van der Waals surface area contributed by atoms with E-state index in [1.54, 1.807) is 0 Å². The summed E-state index contributed by atoms with van der Waals surface area (Å²) in [6, 6.07) is 7.68. The van der Waals surface area contributed by atoms with Crippen molar-refractivity contribution in [3.8, 4) is 11.5 Å². The number of benzene rings is 1. The van der Waals surface area contributed by atoms with E-state index in [-0.39, 0.29) is 12.1 Å². The number of hydrogen-bond acceptors (Lipinski definition) is 4. The Balaban J connectivity index is 2.35. The molecule has 0 aromatic heterocycles. The van der Waals surface area contributed by atoms with Crippen LogP contribution in [-0.4, -0.2) is 37.0 Å². The summed E-state index contributed by atoms with van der Waals surface area (Å²) in [4.78, 5) is 0. The Morgan fingerprint density at radius 2 is 1.90 bits per heavy atom. The van der Waals surface area contributed by atoms with Crippen molar-refractivity contribution in [1.82, 2.24) is 5.32 Å². The maximum Gasteiger partial charge on any atom is 0.122 e. The third kappa shape index (κ3) is 5.80. The molecule has 1 unspecified atom stereocenters. The first kappa shape index (κ1) is 16.8. The summed E-state index contributed by atoms with van der Waals surface area (Å²) in [6.07, 6.45) is 1.77. The fourth-order valence-electron chi connectivity index (χ4n) is 2.12. The van der Waals surface area contributed by atoms with Crippen molar-refractivity contribution >= 4 is 0 Å². The van der Waals surface area contributed by atoms with E-state index in [2.05, 4.69) is 5.32 Å². The number of hydrogen-bond donors (Lipinski definition) is 2. The first-order valence-electron chi connectivity index (χ1n) is 7.35. The quantitative estimate of drug-likeness (QED) is 0.647. The largest absolute Gasteiger partial charge is 0.494 e. The molecule has 0 aliphatic carbocycles. The zero-order chi connectivity index (χ0) is 14.8. The van der Waals surface area contributed by atoms with E-state index < -0.39 is 0 Å². The Hall–Kier alpha value is -1.26. The lowest BCUT2D eigenvalue weighted by Crippen LogP contribution is -2.45. The number of aliphatic hydroxyl groups excluding tert-OH is 1. The van der Waals surface area contributed by atoms with Gasteiger partial charge in [0.15, 0.2) is 0 Å². The lowest BCUT2D eigenvalue weighted by atomic mass is 9.97. The maximum absolute atomic E-state index is 9.41. The summed E-state index contributed by atoms with van der Waals surface area (Å²) in [5.41, 5.74) is -0.217. The van der Waals surface area contributed by atoms with E-state index in [0.29, 0.717) is 13.2 Å². The molecule has 1 atom stereocenters. The number of aliphatic hydroxyl groups is 1. The van der Waals surface area contributed by atoms with Crippen LogP contribution in [-0.2, 0) is 0 Å². The van der Waals surface area contributed by atoms with Gasteiger partial charge in [0.25, 0.3) is 0 Å². The minimum Gasteiger partial charge on any atom is -0.494 e. The van der Waals surface area contributed by atoms with Crippen molar-refractivity contribution in [2.24, 2.45) is 0 Å². The molecule has 4 nitrogen and oxygen atoms in total. The normalized spacial score (nSPS) is 13.8. The van der Waals surface area contributed by atoms with E-state index >= 15 is 0 Å². The van der Waals surface area contributed by atoms with Crippen LogP contribution in [0, 0.1) is 0 Å². The van der Waals surface area contributed by atoms with E-state index in [9.17, 15) is 5.11 Å². The van der Waals surface area contributed by atoms with Crippen molar-refractivity contribution in [1.29, 1.82) is 0 Å². The van der Waals surface area contributed by atoms with Crippen molar-refractivity contribution in [3.05, 3.63) is 24.3 Å². The molecule has 0 fully saturated rings. The van der Waals surface area contributed by atoms with Crippen LogP contribution >= 0.6 is 0 Å². The molecular weight excluding hydrogens is 254 g/mol. The van der Waals surface area contributed by atoms with Crippen LogP contribution in [0.1, 0.15) is 33.6 Å². The van der Waals surface area contributed by atoms with Gasteiger partial charge in [0.1, 0.15) is 11.5 Å². The van der Waals surface area contributed by atoms with Crippen LogP contribution in [0.15, 0.2) is 24.3 Å². The van der Waals surface area contributed by atoms with Gasteiger partial charge in [-0.25, -0.2) is 0 Å². The topological polar surface area (TPSA) is 50.7 Å². The van der Waals surface area contributed by atoms with Gasteiger partial charge in [-0.2, -0.15) is 0 Å². The Bertz CT molecular complexity index is 384. The predicted octanol–water partition coefficient (Wildman–Crippen LogP) is 2.60. The Morgan fingerprint density at radius 3 is 2.50 bits per heavy atom. The third-order valence-corrected chi connectivity index (χ3v) is 3.21. The summed E-state index contributed by atoms with van der Waals surface area (Å²) < 4.78 is 11.2. The Morgan fingerprint density at radius 1 is 1.20 bits per heavy atom. The zero-order valence-corrected chi connectivity index (χ0v) is 12.8. The average Bonchev–Trinajstić information content (AvgIpc) is 2.45. The van der Waals surface area contributed by atoms with Crippen LogP contribution in [0.5, 0.6) is 11.5 Å². The first-order valence-corrected chi connectivity index (χ1v) is 7.35. The molecular formula is C16H27NO3. The van der Waals surface area contributed by atoms with Gasteiger partial charge in [0, 0.05) is 11.6 Å². The molecule has 0 heterocycles.